The molecular weight excluding hydrogens is 264 g/mol. The number of thiazole rings is 1. The first kappa shape index (κ1) is 12.0. The summed E-state index contributed by atoms with van der Waals surface area (Å²) in [6, 6.07) is 13.4. The van der Waals surface area contributed by atoms with Crippen LogP contribution in [0.15, 0.2) is 53.9 Å². The Morgan fingerprint density at radius 3 is 2.21 bits per heavy atom. The first-order valence-corrected chi connectivity index (χ1v) is 6.59. The second-order valence-electron chi connectivity index (χ2n) is 4.00. The zero-order chi connectivity index (χ0) is 13.2. The summed E-state index contributed by atoms with van der Waals surface area (Å²) in [4.78, 5) is 4.31. The van der Waals surface area contributed by atoms with E-state index in [2.05, 4.69) is 4.98 Å². The van der Waals surface area contributed by atoms with Crippen molar-refractivity contribution in [3.05, 3.63) is 65.5 Å². The quantitative estimate of drug-likeness (QED) is 0.656. The predicted octanol–water partition coefficient (Wildman–Crippen LogP) is 4.76. The van der Waals surface area contributed by atoms with Crippen LogP contribution in [-0.4, -0.2) is 4.98 Å². The van der Waals surface area contributed by atoms with E-state index in [-0.39, 0.29) is 5.56 Å². The Morgan fingerprint density at radius 1 is 0.842 bits per heavy atom. The number of hydrogen-bond donors (Lipinski definition) is 0. The van der Waals surface area contributed by atoms with Gasteiger partial charge in [-0.25, -0.2) is 13.8 Å². The van der Waals surface area contributed by atoms with Gasteiger partial charge in [0, 0.05) is 10.9 Å². The molecule has 0 fully saturated rings. The number of benzene rings is 2. The Balaban J connectivity index is 2.07. The fraction of sp³-hybridized carbons (Fsp3) is 0. The van der Waals surface area contributed by atoms with Gasteiger partial charge in [0.05, 0.1) is 11.3 Å². The molecule has 0 aliphatic rings. The molecule has 3 aromatic rings. The number of nitrogens with zero attached hydrogens (tertiary/aromatic N) is 1. The molecule has 19 heavy (non-hydrogen) atoms. The first-order valence-electron chi connectivity index (χ1n) is 5.71. The molecule has 0 saturated heterocycles. The lowest BCUT2D eigenvalue weighted by Gasteiger charge is -2.00. The Hall–Kier alpha value is -2.07. The third kappa shape index (κ3) is 2.27. The van der Waals surface area contributed by atoms with Gasteiger partial charge in [-0.3, -0.25) is 0 Å². The van der Waals surface area contributed by atoms with Crippen molar-refractivity contribution in [1.29, 1.82) is 0 Å². The van der Waals surface area contributed by atoms with Crippen molar-refractivity contribution in [3.8, 4) is 21.8 Å². The number of aromatic nitrogens is 1. The molecule has 0 aliphatic carbocycles. The molecule has 0 atom stereocenters. The van der Waals surface area contributed by atoms with Gasteiger partial charge < -0.3 is 0 Å². The molecule has 0 radical (unpaired) electrons. The summed E-state index contributed by atoms with van der Waals surface area (Å²) in [5.41, 5.74) is 1.60. The van der Waals surface area contributed by atoms with E-state index in [1.165, 1.54) is 29.5 Å². The Labute approximate surface area is 113 Å². The monoisotopic (exact) mass is 273 g/mol. The van der Waals surface area contributed by atoms with E-state index in [0.29, 0.717) is 5.01 Å². The van der Waals surface area contributed by atoms with E-state index in [0.717, 1.165) is 11.3 Å². The molecule has 0 aliphatic heterocycles. The van der Waals surface area contributed by atoms with Crippen LogP contribution < -0.4 is 0 Å². The molecule has 1 nitrogen and oxygen atoms in total. The third-order valence-corrected chi connectivity index (χ3v) is 3.61. The lowest BCUT2D eigenvalue weighted by molar-refractivity contribution is 0.589. The number of hydrogen-bond acceptors (Lipinski definition) is 2. The van der Waals surface area contributed by atoms with Crippen LogP contribution in [0.3, 0.4) is 0 Å². The fourth-order valence-corrected chi connectivity index (χ4v) is 2.71. The lowest BCUT2D eigenvalue weighted by atomic mass is 10.2. The molecule has 0 spiro atoms. The highest BCUT2D eigenvalue weighted by molar-refractivity contribution is 7.13. The molecule has 0 N–H and O–H groups in total. The maximum Gasteiger partial charge on any atom is 0.136 e. The molecule has 4 heteroatoms. The normalized spacial score (nSPS) is 10.6. The Kier molecular flexibility index (Phi) is 3.09. The average Bonchev–Trinajstić information content (AvgIpc) is 2.89. The molecule has 1 aromatic heterocycles. The van der Waals surface area contributed by atoms with Crippen molar-refractivity contribution < 1.29 is 8.78 Å². The summed E-state index contributed by atoms with van der Waals surface area (Å²) < 4.78 is 27.3. The van der Waals surface area contributed by atoms with Crippen LogP contribution in [0.2, 0.25) is 0 Å². The van der Waals surface area contributed by atoms with Gasteiger partial charge in [-0.1, -0.05) is 36.4 Å². The van der Waals surface area contributed by atoms with E-state index in [1.54, 1.807) is 5.38 Å². The topological polar surface area (TPSA) is 12.9 Å². The molecule has 94 valence electrons. The predicted molar refractivity (Wildman–Crippen MR) is 72.9 cm³/mol. The smallest absolute Gasteiger partial charge is 0.136 e. The van der Waals surface area contributed by atoms with Crippen LogP contribution in [0.25, 0.3) is 21.8 Å². The molecule has 0 saturated carbocycles. The summed E-state index contributed by atoms with van der Waals surface area (Å²) in [5, 5.41) is 2.16. The summed E-state index contributed by atoms with van der Waals surface area (Å²) in [6.07, 6.45) is 0. The maximum absolute atomic E-state index is 13.7. The van der Waals surface area contributed by atoms with Crippen molar-refractivity contribution in [1.82, 2.24) is 4.98 Å². The molecule has 0 bridgehead atoms. The zero-order valence-electron chi connectivity index (χ0n) is 9.81. The summed E-state index contributed by atoms with van der Waals surface area (Å²) in [6.45, 7) is 0. The minimum absolute atomic E-state index is 0.0605. The molecule has 3 rings (SSSR count). The summed E-state index contributed by atoms with van der Waals surface area (Å²) in [5.74, 6) is -1.18. The number of rotatable bonds is 2. The van der Waals surface area contributed by atoms with Crippen LogP contribution >= 0.6 is 11.3 Å². The van der Waals surface area contributed by atoms with Gasteiger partial charge in [0.2, 0.25) is 0 Å². The van der Waals surface area contributed by atoms with E-state index in [4.69, 9.17) is 0 Å². The highest BCUT2D eigenvalue weighted by atomic mass is 32.1. The van der Waals surface area contributed by atoms with Crippen molar-refractivity contribution in [3.63, 3.8) is 0 Å². The molecular formula is C15H9F2NS. The minimum atomic E-state index is -0.589. The van der Waals surface area contributed by atoms with Gasteiger partial charge in [-0.05, 0) is 12.1 Å². The van der Waals surface area contributed by atoms with Crippen LogP contribution in [0.4, 0.5) is 8.78 Å². The van der Waals surface area contributed by atoms with Gasteiger partial charge in [0.1, 0.15) is 16.6 Å². The highest BCUT2D eigenvalue weighted by Gasteiger charge is 2.15. The van der Waals surface area contributed by atoms with E-state index < -0.39 is 11.6 Å². The minimum Gasteiger partial charge on any atom is -0.236 e. The fourth-order valence-electron chi connectivity index (χ4n) is 1.83. The largest absolute Gasteiger partial charge is 0.236 e. The lowest BCUT2D eigenvalue weighted by Crippen LogP contribution is -1.88. The Bertz CT molecular complexity index is 687. The summed E-state index contributed by atoms with van der Waals surface area (Å²) >= 11 is 1.23. The zero-order valence-corrected chi connectivity index (χ0v) is 10.6. The first-order chi connectivity index (χ1) is 9.25. The van der Waals surface area contributed by atoms with Crippen LogP contribution in [0.5, 0.6) is 0 Å². The molecule has 2 aromatic carbocycles. The van der Waals surface area contributed by atoms with E-state index in [9.17, 15) is 8.78 Å². The second kappa shape index (κ2) is 4.90. The molecule has 0 amide bonds. The van der Waals surface area contributed by atoms with Gasteiger partial charge in [0.15, 0.2) is 0 Å². The summed E-state index contributed by atoms with van der Waals surface area (Å²) in [7, 11) is 0. The second-order valence-corrected chi connectivity index (χ2v) is 4.86. The van der Waals surface area contributed by atoms with Gasteiger partial charge >= 0.3 is 0 Å². The standard InChI is InChI=1S/C15H9F2NS/c16-11-7-4-8-12(17)14(11)15-18-13(9-19-15)10-5-2-1-3-6-10/h1-9H. The van der Waals surface area contributed by atoms with Gasteiger partial charge in [0.25, 0.3) is 0 Å². The SMILES string of the molecule is Fc1cccc(F)c1-c1nc(-c2ccccc2)cs1. The van der Waals surface area contributed by atoms with E-state index >= 15 is 0 Å². The van der Waals surface area contributed by atoms with Gasteiger partial charge in [-0.15, -0.1) is 11.3 Å². The van der Waals surface area contributed by atoms with Gasteiger partial charge in [-0.2, -0.15) is 0 Å². The number of halogens is 2. The average molecular weight is 273 g/mol. The van der Waals surface area contributed by atoms with Crippen molar-refractivity contribution in [2.45, 2.75) is 0 Å². The third-order valence-electron chi connectivity index (χ3n) is 2.75. The Morgan fingerprint density at radius 2 is 1.53 bits per heavy atom. The maximum atomic E-state index is 13.7. The van der Waals surface area contributed by atoms with Crippen LogP contribution in [-0.2, 0) is 0 Å². The van der Waals surface area contributed by atoms with E-state index in [1.807, 2.05) is 30.3 Å². The molecule has 0 unspecified atom stereocenters. The van der Waals surface area contributed by atoms with Crippen LogP contribution in [0.1, 0.15) is 0 Å². The van der Waals surface area contributed by atoms with Crippen molar-refractivity contribution in [2.24, 2.45) is 0 Å². The van der Waals surface area contributed by atoms with Crippen LogP contribution in [0, 0.1) is 11.6 Å². The highest BCUT2D eigenvalue weighted by Crippen LogP contribution is 2.31. The molecule has 1 heterocycles. The van der Waals surface area contributed by atoms with Crippen molar-refractivity contribution in [2.75, 3.05) is 0 Å². The van der Waals surface area contributed by atoms with Crippen molar-refractivity contribution >= 4 is 11.3 Å².